The van der Waals surface area contributed by atoms with Crippen LogP contribution in [0.2, 0.25) is 0 Å². The maximum atomic E-state index is 5.05. The van der Waals surface area contributed by atoms with E-state index in [-0.39, 0.29) is 0 Å². The number of nitrogens with zero attached hydrogens (tertiary/aromatic N) is 4. The standard InChI is InChI=1S/C44H30N4/c1-5-15-31(16-6-1)39-29-41(47-43(45-39)33-19-9-3-10-20-33)37-25-13-23-35(27-37)36-24-14-26-38(28-36)42-30-40(32-17-7-2-8-18-32)46-44(48-42)34-21-11-4-12-22-34/h1-30H. The van der Waals surface area contributed by atoms with Crippen LogP contribution in [-0.2, 0) is 0 Å². The number of benzene rings is 6. The molecule has 0 saturated heterocycles. The van der Waals surface area contributed by atoms with Crippen LogP contribution in [0.1, 0.15) is 0 Å². The smallest absolute Gasteiger partial charge is 0.160 e. The predicted octanol–water partition coefficient (Wildman–Crippen LogP) is 10.9. The topological polar surface area (TPSA) is 51.6 Å². The summed E-state index contributed by atoms with van der Waals surface area (Å²) < 4.78 is 0. The Bertz CT molecular complexity index is 2040. The molecule has 6 aromatic carbocycles. The summed E-state index contributed by atoms with van der Waals surface area (Å²) in [6.07, 6.45) is 0. The fraction of sp³-hybridized carbons (Fsp3) is 0. The van der Waals surface area contributed by atoms with Crippen LogP contribution in [0.25, 0.3) is 78.9 Å². The van der Waals surface area contributed by atoms with Crippen LogP contribution >= 0.6 is 0 Å². The van der Waals surface area contributed by atoms with Crippen LogP contribution in [0.4, 0.5) is 0 Å². The minimum absolute atomic E-state index is 0.701. The van der Waals surface area contributed by atoms with Crippen molar-refractivity contribution in [2.24, 2.45) is 0 Å². The second-order valence-corrected chi connectivity index (χ2v) is 11.5. The zero-order valence-electron chi connectivity index (χ0n) is 26.1. The van der Waals surface area contributed by atoms with Gasteiger partial charge in [-0.05, 0) is 35.4 Å². The molecular formula is C44H30N4. The highest BCUT2D eigenvalue weighted by molar-refractivity contribution is 5.79. The van der Waals surface area contributed by atoms with E-state index >= 15 is 0 Å². The van der Waals surface area contributed by atoms with Crippen molar-refractivity contribution in [2.75, 3.05) is 0 Å². The predicted molar refractivity (Wildman–Crippen MR) is 196 cm³/mol. The Hall–Kier alpha value is -6.52. The fourth-order valence-corrected chi connectivity index (χ4v) is 5.85. The van der Waals surface area contributed by atoms with Crippen molar-refractivity contribution in [3.63, 3.8) is 0 Å². The lowest BCUT2D eigenvalue weighted by Crippen LogP contribution is -1.96. The van der Waals surface area contributed by atoms with Gasteiger partial charge in [-0.3, -0.25) is 0 Å². The summed E-state index contributed by atoms with van der Waals surface area (Å²) in [6, 6.07) is 62.1. The van der Waals surface area contributed by atoms with Gasteiger partial charge in [0.15, 0.2) is 11.6 Å². The Morgan fingerprint density at radius 2 is 0.479 bits per heavy atom. The molecule has 0 unspecified atom stereocenters. The van der Waals surface area contributed by atoms with Gasteiger partial charge in [0, 0.05) is 33.4 Å². The molecule has 2 heterocycles. The molecule has 0 spiro atoms. The Morgan fingerprint density at radius 1 is 0.208 bits per heavy atom. The fourth-order valence-electron chi connectivity index (χ4n) is 5.85. The first-order valence-corrected chi connectivity index (χ1v) is 16.0. The Morgan fingerprint density at radius 3 is 0.833 bits per heavy atom. The van der Waals surface area contributed by atoms with E-state index in [9.17, 15) is 0 Å². The maximum Gasteiger partial charge on any atom is 0.160 e. The summed E-state index contributed by atoms with van der Waals surface area (Å²) in [6.45, 7) is 0. The minimum Gasteiger partial charge on any atom is -0.228 e. The van der Waals surface area contributed by atoms with Gasteiger partial charge in [-0.25, -0.2) is 19.9 Å². The molecule has 0 saturated carbocycles. The minimum atomic E-state index is 0.701. The van der Waals surface area contributed by atoms with Crippen molar-refractivity contribution in [1.29, 1.82) is 0 Å². The molecular weight excluding hydrogens is 585 g/mol. The summed E-state index contributed by atoms with van der Waals surface area (Å²) >= 11 is 0. The largest absolute Gasteiger partial charge is 0.228 e. The van der Waals surface area contributed by atoms with Gasteiger partial charge in [-0.15, -0.1) is 0 Å². The normalized spacial score (nSPS) is 10.9. The highest BCUT2D eigenvalue weighted by atomic mass is 14.9. The lowest BCUT2D eigenvalue weighted by Gasteiger charge is -2.12. The molecule has 0 aliphatic rings. The molecule has 48 heavy (non-hydrogen) atoms. The lowest BCUT2D eigenvalue weighted by atomic mass is 9.98. The van der Waals surface area contributed by atoms with E-state index in [1.54, 1.807) is 0 Å². The quantitative estimate of drug-likeness (QED) is 0.179. The average molecular weight is 615 g/mol. The second-order valence-electron chi connectivity index (χ2n) is 11.5. The van der Waals surface area contributed by atoms with Crippen molar-refractivity contribution in [3.8, 4) is 78.9 Å². The van der Waals surface area contributed by atoms with Gasteiger partial charge in [-0.1, -0.05) is 158 Å². The van der Waals surface area contributed by atoms with E-state index in [1.165, 1.54) is 0 Å². The molecule has 4 heteroatoms. The summed E-state index contributed by atoms with van der Waals surface area (Å²) in [5, 5.41) is 0. The van der Waals surface area contributed by atoms with Crippen LogP contribution in [0, 0.1) is 0 Å². The first-order chi connectivity index (χ1) is 23.8. The van der Waals surface area contributed by atoms with E-state index in [0.717, 1.165) is 67.3 Å². The SMILES string of the molecule is c1ccc(-c2cc(-c3cccc(-c4cccc(-c5cc(-c6ccccc6)nc(-c6ccccc6)n5)c4)c3)nc(-c3ccccc3)n2)cc1. The Labute approximate surface area is 280 Å². The molecule has 0 radical (unpaired) electrons. The lowest BCUT2D eigenvalue weighted by molar-refractivity contribution is 1.18. The monoisotopic (exact) mass is 614 g/mol. The molecule has 4 nitrogen and oxygen atoms in total. The van der Waals surface area contributed by atoms with Crippen LogP contribution in [0.15, 0.2) is 182 Å². The third-order valence-corrected chi connectivity index (χ3v) is 8.31. The molecule has 0 amide bonds. The number of aromatic nitrogens is 4. The summed E-state index contributed by atoms with van der Waals surface area (Å²) in [5.74, 6) is 1.40. The molecule has 0 fully saturated rings. The Kier molecular flexibility index (Phi) is 7.87. The molecule has 226 valence electrons. The zero-order valence-corrected chi connectivity index (χ0v) is 26.1. The van der Waals surface area contributed by atoms with Crippen LogP contribution in [0.5, 0.6) is 0 Å². The molecule has 2 aromatic heterocycles. The first kappa shape index (κ1) is 28.9. The molecule has 8 rings (SSSR count). The van der Waals surface area contributed by atoms with Gasteiger partial charge in [0.1, 0.15) is 0 Å². The third kappa shape index (κ3) is 6.15. The van der Waals surface area contributed by atoms with Crippen molar-refractivity contribution in [3.05, 3.63) is 182 Å². The molecule has 0 aliphatic heterocycles. The highest BCUT2D eigenvalue weighted by Gasteiger charge is 2.13. The van der Waals surface area contributed by atoms with E-state index < -0.39 is 0 Å². The maximum absolute atomic E-state index is 5.05. The molecule has 0 N–H and O–H groups in total. The van der Waals surface area contributed by atoms with Crippen LogP contribution < -0.4 is 0 Å². The summed E-state index contributed by atoms with van der Waals surface area (Å²) in [7, 11) is 0. The van der Waals surface area contributed by atoms with Crippen LogP contribution in [-0.4, -0.2) is 19.9 Å². The van der Waals surface area contributed by atoms with Gasteiger partial charge in [0.25, 0.3) is 0 Å². The third-order valence-electron chi connectivity index (χ3n) is 8.31. The molecule has 0 bridgehead atoms. The van der Waals surface area contributed by atoms with E-state index in [1.807, 2.05) is 72.8 Å². The molecule has 8 aromatic rings. The number of rotatable bonds is 7. The molecule has 0 atom stereocenters. The van der Waals surface area contributed by atoms with Gasteiger partial charge in [0.05, 0.1) is 22.8 Å². The number of hydrogen-bond donors (Lipinski definition) is 0. The molecule has 0 aliphatic carbocycles. The Balaban J connectivity index is 1.21. The van der Waals surface area contributed by atoms with Crippen molar-refractivity contribution in [1.82, 2.24) is 19.9 Å². The van der Waals surface area contributed by atoms with Crippen LogP contribution in [0.3, 0.4) is 0 Å². The van der Waals surface area contributed by atoms with Crippen molar-refractivity contribution >= 4 is 0 Å². The van der Waals surface area contributed by atoms with Crippen molar-refractivity contribution < 1.29 is 0 Å². The first-order valence-electron chi connectivity index (χ1n) is 16.0. The van der Waals surface area contributed by atoms with Gasteiger partial charge < -0.3 is 0 Å². The van der Waals surface area contributed by atoms with E-state index in [4.69, 9.17) is 19.9 Å². The number of hydrogen-bond acceptors (Lipinski definition) is 4. The summed E-state index contributed by atoms with van der Waals surface area (Å²) in [5.41, 5.74) is 11.8. The van der Waals surface area contributed by atoms with Gasteiger partial charge in [-0.2, -0.15) is 0 Å². The zero-order chi connectivity index (χ0) is 32.1. The van der Waals surface area contributed by atoms with E-state index in [0.29, 0.717) is 11.6 Å². The highest BCUT2D eigenvalue weighted by Crippen LogP contribution is 2.33. The summed E-state index contributed by atoms with van der Waals surface area (Å²) in [4.78, 5) is 20.0. The second kappa shape index (κ2) is 13.1. The van der Waals surface area contributed by atoms with Gasteiger partial charge >= 0.3 is 0 Å². The van der Waals surface area contributed by atoms with E-state index in [2.05, 4.69) is 109 Å². The van der Waals surface area contributed by atoms with Gasteiger partial charge in [0.2, 0.25) is 0 Å². The average Bonchev–Trinajstić information content (AvgIpc) is 3.19. The van der Waals surface area contributed by atoms with Crippen molar-refractivity contribution in [2.45, 2.75) is 0 Å².